The number of ketones is 1. The lowest BCUT2D eigenvalue weighted by Gasteiger charge is -2.28. The van der Waals surface area contributed by atoms with Crippen LogP contribution < -0.4 is 0 Å². The van der Waals surface area contributed by atoms with Crippen LogP contribution in [0.5, 0.6) is 0 Å². The number of hydrogen-bond acceptors (Lipinski definition) is 7. The molecule has 0 amide bonds. The Morgan fingerprint density at radius 1 is 1.12 bits per heavy atom. The number of Topliss-reactive ketones (excluding diaryl/α,β-unsaturated/α-hetero) is 1. The fourth-order valence-corrected chi connectivity index (χ4v) is 3.40. The number of rotatable bonds is 11. The van der Waals surface area contributed by atoms with Gasteiger partial charge in [-0.3, -0.25) is 14.4 Å². The molecule has 0 heterocycles. The van der Waals surface area contributed by atoms with Gasteiger partial charge in [0.25, 0.3) is 0 Å². The molecular formula is C17H26O9. The Labute approximate surface area is 151 Å². The summed E-state index contributed by atoms with van der Waals surface area (Å²) < 4.78 is 4.49. The standard InChI is InChI=1S/C17H26O9/c1-17(24,25)11-8-12(18)10(15(11)16(22)23)6-4-2-3-5-7-14(21)26-9-13(19)20/h10-11,15,24-25H,2-9H2,1H3,(H,19,20)(H,22,23)/t10?,11-,15+/m0/s1. The molecule has 0 aromatic rings. The second-order valence-electron chi connectivity index (χ2n) is 6.85. The maximum atomic E-state index is 12.1. The minimum absolute atomic E-state index is 0.100. The van der Waals surface area contributed by atoms with E-state index < -0.39 is 48.1 Å². The Morgan fingerprint density at radius 2 is 1.73 bits per heavy atom. The molecule has 26 heavy (non-hydrogen) atoms. The molecule has 1 aliphatic rings. The van der Waals surface area contributed by atoms with Gasteiger partial charge in [0, 0.05) is 24.7 Å². The highest BCUT2D eigenvalue weighted by Gasteiger charge is 2.52. The highest BCUT2D eigenvalue weighted by atomic mass is 16.5. The fraction of sp³-hybridized carbons (Fsp3) is 0.765. The van der Waals surface area contributed by atoms with E-state index in [0.717, 1.165) is 6.92 Å². The molecule has 0 aromatic heterocycles. The van der Waals surface area contributed by atoms with Gasteiger partial charge in [0.05, 0.1) is 5.92 Å². The van der Waals surface area contributed by atoms with E-state index in [9.17, 15) is 34.5 Å². The van der Waals surface area contributed by atoms with Gasteiger partial charge in [-0.15, -0.1) is 0 Å². The maximum absolute atomic E-state index is 12.1. The average Bonchev–Trinajstić information content (AvgIpc) is 2.86. The molecule has 1 aliphatic carbocycles. The van der Waals surface area contributed by atoms with Crippen LogP contribution in [0.1, 0.15) is 51.9 Å². The maximum Gasteiger partial charge on any atom is 0.341 e. The van der Waals surface area contributed by atoms with Crippen LogP contribution in [0.3, 0.4) is 0 Å². The highest BCUT2D eigenvalue weighted by molar-refractivity contribution is 5.90. The summed E-state index contributed by atoms with van der Waals surface area (Å²) in [6, 6.07) is 0. The smallest absolute Gasteiger partial charge is 0.341 e. The predicted octanol–water partition coefficient (Wildman–Crippen LogP) is 0.562. The molecule has 1 saturated carbocycles. The van der Waals surface area contributed by atoms with Gasteiger partial charge in [0.15, 0.2) is 12.4 Å². The van der Waals surface area contributed by atoms with Crippen LogP contribution in [0.15, 0.2) is 0 Å². The molecule has 9 heteroatoms. The van der Waals surface area contributed by atoms with Crippen LogP contribution in [-0.4, -0.2) is 56.5 Å². The van der Waals surface area contributed by atoms with E-state index in [0.29, 0.717) is 32.1 Å². The van der Waals surface area contributed by atoms with E-state index in [1.807, 2.05) is 0 Å². The van der Waals surface area contributed by atoms with Gasteiger partial charge >= 0.3 is 17.9 Å². The third-order valence-electron chi connectivity index (χ3n) is 4.69. The summed E-state index contributed by atoms with van der Waals surface area (Å²) in [4.78, 5) is 45.0. The molecule has 148 valence electrons. The Bertz CT molecular complexity index is 535. The quantitative estimate of drug-likeness (QED) is 0.230. The van der Waals surface area contributed by atoms with Crippen molar-refractivity contribution in [2.45, 2.75) is 57.7 Å². The van der Waals surface area contributed by atoms with Crippen LogP contribution in [0.25, 0.3) is 0 Å². The number of carbonyl (C=O) groups is 4. The van der Waals surface area contributed by atoms with Crippen molar-refractivity contribution in [3.8, 4) is 0 Å². The number of esters is 1. The summed E-state index contributed by atoms with van der Waals surface area (Å²) in [6.45, 7) is 0.432. The number of carboxylic acid groups (broad SMARTS) is 2. The van der Waals surface area contributed by atoms with Crippen LogP contribution in [0.2, 0.25) is 0 Å². The molecule has 9 nitrogen and oxygen atoms in total. The fourth-order valence-electron chi connectivity index (χ4n) is 3.40. The first-order valence-electron chi connectivity index (χ1n) is 8.61. The summed E-state index contributed by atoms with van der Waals surface area (Å²) in [5.41, 5.74) is 0. The second-order valence-corrected chi connectivity index (χ2v) is 6.85. The molecule has 0 bridgehead atoms. The van der Waals surface area contributed by atoms with Gasteiger partial charge in [-0.2, -0.15) is 0 Å². The minimum Gasteiger partial charge on any atom is -0.481 e. The SMILES string of the molecule is CC(O)(O)[C@H]1CC(=O)C(CCCCCCC(=O)OCC(=O)O)[C@H]1C(=O)O. The molecule has 1 unspecified atom stereocenters. The first-order valence-corrected chi connectivity index (χ1v) is 8.61. The highest BCUT2D eigenvalue weighted by Crippen LogP contribution is 2.42. The van der Waals surface area contributed by atoms with Crippen LogP contribution >= 0.6 is 0 Å². The monoisotopic (exact) mass is 374 g/mol. The topological polar surface area (TPSA) is 158 Å². The largest absolute Gasteiger partial charge is 0.481 e. The summed E-state index contributed by atoms with van der Waals surface area (Å²) in [5, 5.41) is 37.1. The summed E-state index contributed by atoms with van der Waals surface area (Å²) >= 11 is 0. The van der Waals surface area contributed by atoms with Crippen LogP contribution in [0.4, 0.5) is 0 Å². The minimum atomic E-state index is -2.22. The van der Waals surface area contributed by atoms with Gasteiger partial charge < -0.3 is 25.2 Å². The number of hydrogen-bond donors (Lipinski definition) is 4. The average molecular weight is 374 g/mol. The number of aliphatic hydroxyl groups is 2. The number of aliphatic carboxylic acids is 2. The van der Waals surface area contributed by atoms with Gasteiger partial charge in [0.1, 0.15) is 5.78 Å². The number of ether oxygens (including phenoxy) is 1. The van der Waals surface area contributed by atoms with E-state index in [2.05, 4.69) is 4.74 Å². The van der Waals surface area contributed by atoms with Crippen molar-refractivity contribution in [3.05, 3.63) is 0 Å². The Morgan fingerprint density at radius 3 is 2.27 bits per heavy atom. The van der Waals surface area contributed by atoms with Gasteiger partial charge in [-0.25, -0.2) is 4.79 Å². The van der Waals surface area contributed by atoms with Crippen molar-refractivity contribution >= 4 is 23.7 Å². The van der Waals surface area contributed by atoms with Crippen molar-refractivity contribution in [1.29, 1.82) is 0 Å². The second kappa shape index (κ2) is 9.63. The Hall–Kier alpha value is -2.00. The van der Waals surface area contributed by atoms with Crippen molar-refractivity contribution < 1.29 is 44.3 Å². The molecule has 1 fully saturated rings. The number of unbranched alkanes of at least 4 members (excludes halogenated alkanes) is 3. The Balaban J connectivity index is 2.35. The molecule has 4 N–H and O–H groups in total. The van der Waals surface area contributed by atoms with E-state index >= 15 is 0 Å². The lowest BCUT2D eigenvalue weighted by molar-refractivity contribution is -0.200. The third kappa shape index (κ3) is 6.72. The molecule has 0 spiro atoms. The van der Waals surface area contributed by atoms with Crippen molar-refractivity contribution in [3.63, 3.8) is 0 Å². The molecule has 3 atom stereocenters. The first-order chi connectivity index (χ1) is 12.0. The van der Waals surface area contributed by atoms with E-state index in [1.54, 1.807) is 0 Å². The third-order valence-corrected chi connectivity index (χ3v) is 4.69. The van der Waals surface area contributed by atoms with Crippen molar-refractivity contribution in [2.24, 2.45) is 17.8 Å². The Kier molecular flexibility index (Phi) is 8.16. The first kappa shape index (κ1) is 22.0. The lowest BCUT2D eigenvalue weighted by atomic mass is 9.82. The summed E-state index contributed by atoms with van der Waals surface area (Å²) in [6.07, 6.45) is 2.68. The molecule has 0 radical (unpaired) electrons. The van der Waals surface area contributed by atoms with E-state index in [4.69, 9.17) is 5.11 Å². The van der Waals surface area contributed by atoms with Crippen LogP contribution in [-0.2, 0) is 23.9 Å². The zero-order valence-electron chi connectivity index (χ0n) is 14.7. The van der Waals surface area contributed by atoms with E-state index in [-0.39, 0.29) is 18.6 Å². The predicted molar refractivity (Wildman–Crippen MR) is 86.9 cm³/mol. The van der Waals surface area contributed by atoms with Gasteiger partial charge in [-0.1, -0.05) is 19.3 Å². The summed E-state index contributed by atoms with van der Waals surface area (Å²) in [7, 11) is 0. The molecule has 0 aromatic carbocycles. The molecule has 0 saturated heterocycles. The van der Waals surface area contributed by atoms with Crippen LogP contribution in [0, 0.1) is 17.8 Å². The van der Waals surface area contributed by atoms with Crippen molar-refractivity contribution in [1.82, 2.24) is 0 Å². The zero-order chi connectivity index (χ0) is 19.9. The van der Waals surface area contributed by atoms with Gasteiger partial charge in [0.2, 0.25) is 0 Å². The lowest BCUT2D eigenvalue weighted by Crippen LogP contribution is -2.40. The number of carboxylic acids is 2. The van der Waals surface area contributed by atoms with Crippen molar-refractivity contribution in [2.75, 3.05) is 6.61 Å². The number of carbonyl (C=O) groups excluding carboxylic acids is 2. The van der Waals surface area contributed by atoms with E-state index in [1.165, 1.54) is 0 Å². The zero-order valence-corrected chi connectivity index (χ0v) is 14.7. The summed E-state index contributed by atoms with van der Waals surface area (Å²) in [5.74, 6) is -8.38. The molecule has 0 aliphatic heterocycles. The molecular weight excluding hydrogens is 348 g/mol. The molecule has 1 rings (SSSR count). The normalized spacial score (nSPS) is 23.0. The van der Waals surface area contributed by atoms with Gasteiger partial charge in [-0.05, 0) is 19.8 Å².